The Morgan fingerprint density at radius 3 is 2.35 bits per heavy atom. The van der Waals surface area contributed by atoms with Gasteiger partial charge >= 0.3 is 5.97 Å². The van der Waals surface area contributed by atoms with Gasteiger partial charge in [0.25, 0.3) is 0 Å². The first-order valence-electron chi connectivity index (χ1n) is 12.2. The van der Waals surface area contributed by atoms with Gasteiger partial charge in [-0.05, 0) is 58.1 Å². The van der Waals surface area contributed by atoms with E-state index in [9.17, 15) is 19.2 Å². The lowest BCUT2D eigenvalue weighted by Crippen LogP contribution is -2.42. The Morgan fingerprint density at radius 2 is 1.74 bits per heavy atom. The molecule has 3 amide bonds. The molecule has 3 fully saturated rings. The highest BCUT2D eigenvalue weighted by atomic mass is 16.6. The molecule has 9 heteroatoms. The average Bonchev–Trinajstić information content (AvgIpc) is 3.28. The molecule has 1 aromatic heterocycles. The molecule has 184 valence electrons. The second-order valence-corrected chi connectivity index (χ2v) is 10.5. The maximum absolute atomic E-state index is 13.0. The molecule has 1 unspecified atom stereocenters. The molecule has 0 aromatic carbocycles. The van der Waals surface area contributed by atoms with Crippen LogP contribution in [-0.2, 0) is 23.9 Å². The number of imide groups is 1. The van der Waals surface area contributed by atoms with Gasteiger partial charge in [-0.1, -0.05) is 6.07 Å². The number of likely N-dealkylation sites (tertiary alicyclic amines) is 1. The van der Waals surface area contributed by atoms with Crippen LogP contribution in [0.15, 0.2) is 18.3 Å². The van der Waals surface area contributed by atoms with E-state index in [0.29, 0.717) is 32.4 Å². The monoisotopic (exact) mass is 470 g/mol. The summed E-state index contributed by atoms with van der Waals surface area (Å²) in [6.45, 7) is 8.06. The Morgan fingerprint density at radius 1 is 1.03 bits per heavy atom. The number of hydrogen-bond acceptors (Lipinski definition) is 7. The van der Waals surface area contributed by atoms with Crippen LogP contribution in [0.2, 0.25) is 0 Å². The third-order valence-electron chi connectivity index (χ3n) is 6.82. The Labute approximate surface area is 200 Å². The minimum atomic E-state index is -0.518. The smallest absolute Gasteiger partial charge is 0.311 e. The molecule has 3 aliphatic rings. The third kappa shape index (κ3) is 5.56. The molecule has 4 heterocycles. The lowest BCUT2D eigenvalue weighted by Gasteiger charge is -2.34. The number of aromatic nitrogens is 1. The fourth-order valence-corrected chi connectivity index (χ4v) is 4.95. The number of carbonyl (C=O) groups is 4. The maximum Gasteiger partial charge on any atom is 0.311 e. The predicted molar refractivity (Wildman–Crippen MR) is 125 cm³/mol. The topological polar surface area (TPSA) is 109 Å². The number of carbonyl (C=O) groups excluding carboxylic acids is 4. The summed E-state index contributed by atoms with van der Waals surface area (Å²) in [7, 11) is 0. The molecule has 2 atom stereocenters. The molecule has 3 saturated heterocycles. The van der Waals surface area contributed by atoms with E-state index in [2.05, 4.69) is 15.2 Å². The van der Waals surface area contributed by atoms with Crippen LogP contribution < -0.4 is 10.2 Å². The first-order chi connectivity index (χ1) is 16.1. The molecule has 0 spiro atoms. The van der Waals surface area contributed by atoms with Gasteiger partial charge in [0.1, 0.15) is 11.4 Å². The van der Waals surface area contributed by atoms with Crippen LogP contribution >= 0.6 is 0 Å². The Bertz CT molecular complexity index is 947. The fourth-order valence-electron chi connectivity index (χ4n) is 4.95. The van der Waals surface area contributed by atoms with E-state index in [1.165, 1.54) is 0 Å². The second-order valence-electron chi connectivity index (χ2n) is 10.5. The fraction of sp³-hybridized carbons (Fsp3) is 0.640. The van der Waals surface area contributed by atoms with Crippen LogP contribution in [0.25, 0.3) is 0 Å². The molecule has 1 N–H and O–H groups in total. The third-order valence-corrected chi connectivity index (χ3v) is 6.82. The van der Waals surface area contributed by atoms with Crippen molar-refractivity contribution >= 4 is 29.5 Å². The van der Waals surface area contributed by atoms with Gasteiger partial charge in [0.05, 0.1) is 11.8 Å². The van der Waals surface area contributed by atoms with E-state index >= 15 is 0 Å². The van der Waals surface area contributed by atoms with Crippen molar-refractivity contribution in [1.29, 1.82) is 0 Å². The van der Waals surface area contributed by atoms with Crippen LogP contribution in [0.1, 0.15) is 64.4 Å². The zero-order valence-electron chi connectivity index (χ0n) is 20.2. The van der Waals surface area contributed by atoms with Crippen LogP contribution in [-0.4, -0.2) is 65.4 Å². The molecular weight excluding hydrogens is 436 g/mol. The summed E-state index contributed by atoms with van der Waals surface area (Å²) in [6.07, 6.45) is 4.70. The van der Waals surface area contributed by atoms with Gasteiger partial charge in [0.15, 0.2) is 0 Å². The summed E-state index contributed by atoms with van der Waals surface area (Å²) in [4.78, 5) is 57.4. The number of nitrogens with one attached hydrogen (secondary N) is 1. The Balaban J connectivity index is 1.27. The molecule has 0 bridgehead atoms. The van der Waals surface area contributed by atoms with E-state index in [4.69, 9.17) is 4.74 Å². The molecule has 4 rings (SSSR count). The minimum absolute atomic E-state index is 0.0450. The lowest BCUT2D eigenvalue weighted by molar-refractivity contribution is -0.159. The summed E-state index contributed by atoms with van der Waals surface area (Å²) < 4.78 is 5.49. The Hall–Kier alpha value is -2.97. The van der Waals surface area contributed by atoms with Crippen LogP contribution in [0.4, 0.5) is 5.82 Å². The molecule has 0 radical (unpaired) electrons. The SMILES string of the molecule is CC(C)(C)OC(=O)[C@@H]1CCN(C(=O)C2CCN(c3ccc(C4CCC(=O)NC4=O)cn3)CC2)C1. The Kier molecular flexibility index (Phi) is 6.91. The van der Waals surface area contributed by atoms with Gasteiger partial charge in [-0.3, -0.25) is 24.5 Å². The van der Waals surface area contributed by atoms with E-state index < -0.39 is 5.60 Å². The number of amides is 3. The van der Waals surface area contributed by atoms with Crippen molar-refractivity contribution in [3.8, 4) is 0 Å². The number of anilines is 1. The van der Waals surface area contributed by atoms with Crippen molar-refractivity contribution in [2.24, 2.45) is 11.8 Å². The quantitative estimate of drug-likeness (QED) is 0.530. The zero-order valence-corrected chi connectivity index (χ0v) is 20.2. The summed E-state index contributed by atoms with van der Waals surface area (Å²) >= 11 is 0. The largest absolute Gasteiger partial charge is 0.460 e. The van der Waals surface area contributed by atoms with Crippen molar-refractivity contribution in [3.05, 3.63) is 23.9 Å². The molecular formula is C25H34N4O5. The molecule has 0 aliphatic carbocycles. The lowest BCUT2D eigenvalue weighted by atomic mass is 9.91. The number of piperidine rings is 2. The average molecular weight is 471 g/mol. The number of pyridine rings is 1. The van der Waals surface area contributed by atoms with Crippen LogP contribution in [0.3, 0.4) is 0 Å². The highest BCUT2D eigenvalue weighted by molar-refractivity contribution is 6.00. The first-order valence-corrected chi connectivity index (χ1v) is 12.2. The van der Waals surface area contributed by atoms with Crippen molar-refractivity contribution in [2.75, 3.05) is 31.1 Å². The van der Waals surface area contributed by atoms with E-state index in [-0.39, 0.29) is 41.4 Å². The molecule has 0 saturated carbocycles. The molecule has 3 aliphatic heterocycles. The van der Waals surface area contributed by atoms with Crippen molar-refractivity contribution in [3.63, 3.8) is 0 Å². The zero-order chi connectivity index (χ0) is 24.5. The van der Waals surface area contributed by atoms with E-state index in [1.54, 1.807) is 6.20 Å². The number of ether oxygens (including phenoxy) is 1. The molecule has 9 nitrogen and oxygen atoms in total. The van der Waals surface area contributed by atoms with Crippen molar-refractivity contribution in [2.45, 2.75) is 64.4 Å². The van der Waals surface area contributed by atoms with Gasteiger partial charge in [-0.25, -0.2) is 4.98 Å². The van der Waals surface area contributed by atoms with Gasteiger partial charge in [0, 0.05) is 44.7 Å². The second kappa shape index (κ2) is 9.72. The highest BCUT2D eigenvalue weighted by Gasteiger charge is 2.37. The standard InChI is InChI=1S/C25H34N4O5/c1-25(2,3)34-24(33)18-10-13-29(15-18)23(32)16-8-11-28(12-9-16)20-6-4-17(14-26-20)19-5-7-21(30)27-22(19)31/h4,6,14,16,18-19H,5,7-13,15H2,1-3H3,(H,27,30,31)/t18-,19?/m1/s1. The van der Waals surface area contributed by atoms with Crippen molar-refractivity contribution in [1.82, 2.24) is 15.2 Å². The number of rotatable bonds is 4. The van der Waals surface area contributed by atoms with E-state index in [0.717, 1.165) is 37.3 Å². The number of hydrogen-bond donors (Lipinski definition) is 1. The van der Waals surface area contributed by atoms with Gasteiger partial charge in [0.2, 0.25) is 17.7 Å². The van der Waals surface area contributed by atoms with Crippen LogP contribution in [0, 0.1) is 11.8 Å². The number of nitrogens with zero attached hydrogens (tertiary/aromatic N) is 3. The highest BCUT2D eigenvalue weighted by Crippen LogP contribution is 2.29. The number of esters is 1. The molecule has 34 heavy (non-hydrogen) atoms. The summed E-state index contributed by atoms with van der Waals surface area (Å²) in [6, 6.07) is 3.81. The summed E-state index contributed by atoms with van der Waals surface area (Å²) in [5, 5.41) is 2.39. The normalized spacial score (nSPS) is 24.2. The predicted octanol–water partition coefficient (Wildman–Crippen LogP) is 2.01. The molecule has 1 aromatic rings. The summed E-state index contributed by atoms with van der Waals surface area (Å²) in [5.74, 6) is -0.373. The van der Waals surface area contributed by atoms with Gasteiger partial charge in [-0.15, -0.1) is 0 Å². The van der Waals surface area contributed by atoms with Crippen LogP contribution in [0.5, 0.6) is 0 Å². The first kappa shape index (κ1) is 24.2. The van der Waals surface area contributed by atoms with Gasteiger partial charge < -0.3 is 14.5 Å². The van der Waals surface area contributed by atoms with E-state index in [1.807, 2.05) is 37.8 Å². The summed E-state index contributed by atoms with van der Waals surface area (Å²) in [5.41, 5.74) is 0.294. The maximum atomic E-state index is 13.0. The minimum Gasteiger partial charge on any atom is -0.460 e. The van der Waals surface area contributed by atoms with Gasteiger partial charge in [-0.2, -0.15) is 0 Å². The van der Waals surface area contributed by atoms with Crippen molar-refractivity contribution < 1.29 is 23.9 Å².